The second kappa shape index (κ2) is 16.9. The van der Waals surface area contributed by atoms with E-state index in [1.165, 1.54) is 0 Å². The Labute approximate surface area is 279 Å². The maximum atomic E-state index is 11.7. The van der Waals surface area contributed by atoms with Gasteiger partial charge in [-0.3, -0.25) is 0 Å². The van der Waals surface area contributed by atoms with Crippen LogP contribution < -0.4 is 20.4 Å². The van der Waals surface area contributed by atoms with Crippen molar-refractivity contribution in [2.75, 3.05) is 0 Å². The minimum Gasteiger partial charge on any atom is -0.544 e. The summed E-state index contributed by atoms with van der Waals surface area (Å²) in [5.74, 6) is -66.8. The van der Waals surface area contributed by atoms with Crippen molar-refractivity contribution in [2.45, 2.75) is 72.1 Å². The predicted octanol–water partition coefficient (Wildman–Crippen LogP) is 2.27. The first-order valence-electron chi connectivity index (χ1n) is 9.92. The smallest absolute Gasteiger partial charge is 0.460 e. The Kier molecular flexibility index (Phi) is 18.8. The Morgan fingerprint density at radius 1 is 0.245 bits per heavy atom. The van der Waals surface area contributed by atoms with E-state index in [9.17, 15) is 163 Å². The molecule has 0 aliphatic heterocycles. The molecule has 53 heavy (non-hydrogen) atoms. The first-order valence-corrected chi connectivity index (χ1v) is 9.92. The average molecular weight is 955 g/mol. The van der Waals surface area contributed by atoms with Crippen LogP contribution in [0.1, 0.15) is 0 Å². The fourth-order valence-electron chi connectivity index (χ4n) is 1.22. The summed E-state index contributed by atoms with van der Waals surface area (Å²) in [6.07, 6.45) is -26.6. The molecule has 0 aromatic carbocycles. The number of rotatable bonds is 8. The molecule has 0 aliphatic carbocycles. The third-order valence-electron chi connectivity index (χ3n) is 4.03. The number of hydrogen-bond donors (Lipinski definition) is 0. The predicted molar refractivity (Wildman–Crippen MR) is 83.8 cm³/mol. The summed E-state index contributed by atoms with van der Waals surface area (Å²) < 4.78 is 321. The third kappa shape index (κ3) is 12.3. The van der Waals surface area contributed by atoms with Crippen LogP contribution in [-0.2, 0) is 38.7 Å². The second-order valence-electron chi connectivity index (χ2n) is 7.74. The number of hydrogen-bond acceptors (Lipinski definition) is 8. The number of carbonyl (C=O) groups is 4. The van der Waals surface area contributed by atoms with Gasteiger partial charge in [-0.25, -0.2) is 0 Å². The largest absolute Gasteiger partial charge is 0.544 e. The zero-order valence-electron chi connectivity index (χ0n) is 22.2. The van der Waals surface area contributed by atoms with Gasteiger partial charge in [0.1, 0.15) is 23.9 Å². The summed E-state index contributed by atoms with van der Waals surface area (Å²) in [7, 11) is 0. The van der Waals surface area contributed by atoms with Crippen molar-refractivity contribution < 1.29 is 182 Å². The van der Waals surface area contributed by atoms with Crippen LogP contribution >= 0.6 is 0 Å². The zero-order valence-corrected chi connectivity index (χ0v) is 23.8. The summed E-state index contributed by atoms with van der Waals surface area (Å²) in [4.78, 5) is 37.1. The molecule has 0 N–H and O–H groups in total. The van der Waals surface area contributed by atoms with Gasteiger partial charge in [-0.15, -0.1) is 0 Å². The van der Waals surface area contributed by atoms with E-state index in [0.717, 1.165) is 0 Å². The van der Waals surface area contributed by atoms with Gasteiger partial charge in [-0.2, -0.15) is 123 Å². The van der Waals surface area contributed by atoms with Gasteiger partial charge in [-0.1, -0.05) is 0 Å². The molecule has 37 heteroatoms. The van der Waals surface area contributed by atoms with Crippen molar-refractivity contribution in [3.63, 3.8) is 0 Å². The summed E-state index contributed by atoms with van der Waals surface area (Å²) in [5.41, 5.74) is 0. The van der Waals surface area contributed by atoms with Gasteiger partial charge in [0.25, 0.3) is 0 Å². The molecule has 0 saturated carbocycles. The van der Waals surface area contributed by atoms with Crippen LogP contribution in [0.3, 0.4) is 0 Å². The van der Waals surface area contributed by atoms with E-state index in [0.29, 0.717) is 0 Å². The Hall–Kier alpha value is -3.46. The van der Waals surface area contributed by atoms with Gasteiger partial charge in [0.05, 0.1) is 0 Å². The van der Waals surface area contributed by atoms with Crippen LogP contribution in [-0.4, -0.2) is 96.0 Å². The third-order valence-corrected chi connectivity index (χ3v) is 4.03. The SMILES string of the molecule is O=C([O-])C(F)(F)C(F)(F)C(F)(F)F.O=C([O-])C(F)(F)C(F)(F)C(F)(F)F.O=C([O-])C(F)(F)C(F)(F)C(F)(F)F.O=C([O-])C(F)(F)C(F)(F)C(F)(F)F.[Rh]. The number of carboxylic acid groups (broad SMARTS) is 4. The van der Waals surface area contributed by atoms with Gasteiger partial charge in [0, 0.05) is 19.5 Å². The van der Waals surface area contributed by atoms with Crippen LogP contribution in [0.25, 0.3) is 0 Å². The Morgan fingerprint density at radius 2 is 0.321 bits per heavy atom. The maximum absolute atomic E-state index is 11.7. The Balaban J connectivity index is -0.000000192. The van der Waals surface area contributed by atoms with Crippen molar-refractivity contribution in [1.82, 2.24) is 0 Å². The first kappa shape index (κ1) is 58.8. The Bertz CT molecular complexity index is 1070. The van der Waals surface area contributed by atoms with E-state index >= 15 is 0 Å². The van der Waals surface area contributed by atoms with Gasteiger partial charge < -0.3 is 39.6 Å². The zero-order chi connectivity index (χ0) is 44.3. The van der Waals surface area contributed by atoms with Crippen molar-refractivity contribution in [3.05, 3.63) is 0 Å². The van der Waals surface area contributed by atoms with E-state index in [1.807, 2.05) is 0 Å². The number of alkyl halides is 28. The summed E-state index contributed by atoms with van der Waals surface area (Å²) in [6.45, 7) is 0. The van der Waals surface area contributed by atoms with Crippen LogP contribution in [0.15, 0.2) is 0 Å². The standard InChI is InChI=1S/4C4HF7O2.Rh/c4*5-2(6,1(12)13)3(7,8)4(9,10)11;/h4*(H,12,13);/p-4. The van der Waals surface area contributed by atoms with E-state index in [-0.39, 0.29) is 19.5 Å². The van der Waals surface area contributed by atoms with Gasteiger partial charge in [0.2, 0.25) is 0 Å². The van der Waals surface area contributed by atoms with Crippen LogP contribution in [0.2, 0.25) is 0 Å². The maximum Gasteiger partial charge on any atom is 0.460 e. The van der Waals surface area contributed by atoms with E-state index in [4.69, 9.17) is 0 Å². The molecule has 0 spiro atoms. The average Bonchev–Trinajstić information content (AvgIpc) is 2.86. The normalized spacial score (nSPS) is 14.1. The first-order chi connectivity index (χ1) is 21.8. The number of halogens is 28. The summed E-state index contributed by atoms with van der Waals surface area (Å²) >= 11 is 0. The molecule has 0 fully saturated rings. The molecule has 0 aromatic rings. The molecule has 0 amide bonds. The Morgan fingerprint density at radius 3 is 0.340 bits per heavy atom. The molecule has 0 aromatic heterocycles. The topological polar surface area (TPSA) is 161 Å². The van der Waals surface area contributed by atoms with Crippen LogP contribution in [0, 0.1) is 0 Å². The molecule has 0 aliphatic rings. The molecule has 8 nitrogen and oxygen atoms in total. The van der Waals surface area contributed by atoms with E-state index < -0.39 is 96.0 Å². The molecule has 0 bridgehead atoms. The van der Waals surface area contributed by atoms with Gasteiger partial charge in [-0.05, 0) is 0 Å². The summed E-state index contributed by atoms with van der Waals surface area (Å²) in [6, 6.07) is 0. The van der Waals surface area contributed by atoms with E-state index in [2.05, 4.69) is 0 Å². The molecule has 0 saturated heterocycles. The molecular formula is C16F28O8Rh-4. The molecule has 0 atom stereocenters. The second-order valence-corrected chi connectivity index (χ2v) is 7.74. The summed E-state index contributed by atoms with van der Waals surface area (Å²) in [5, 5.41) is 37.1. The molecule has 321 valence electrons. The van der Waals surface area contributed by atoms with Crippen LogP contribution in [0.5, 0.6) is 0 Å². The van der Waals surface area contributed by atoms with Crippen molar-refractivity contribution in [2.24, 2.45) is 0 Å². The number of carboxylic acids is 4. The molecular weight excluding hydrogens is 955 g/mol. The molecule has 0 unspecified atom stereocenters. The minimum absolute atomic E-state index is 0. The van der Waals surface area contributed by atoms with Gasteiger partial charge in [0.15, 0.2) is 0 Å². The molecule has 0 heterocycles. The minimum atomic E-state index is -6.64. The van der Waals surface area contributed by atoms with Crippen molar-refractivity contribution >= 4 is 23.9 Å². The quantitative estimate of drug-likeness (QED) is 0.265. The monoisotopic (exact) mass is 955 g/mol. The molecule has 1 radical (unpaired) electrons. The van der Waals surface area contributed by atoms with Crippen molar-refractivity contribution in [1.29, 1.82) is 0 Å². The fraction of sp³-hybridized carbons (Fsp3) is 0.750. The molecule has 0 rings (SSSR count). The van der Waals surface area contributed by atoms with E-state index in [1.54, 1.807) is 0 Å². The van der Waals surface area contributed by atoms with Gasteiger partial charge >= 0.3 is 72.1 Å². The number of aliphatic carboxylic acids is 4. The van der Waals surface area contributed by atoms with Crippen molar-refractivity contribution in [3.8, 4) is 0 Å². The fourth-order valence-corrected chi connectivity index (χ4v) is 1.22. The number of carbonyl (C=O) groups excluding carboxylic acids is 4. The van der Waals surface area contributed by atoms with Crippen LogP contribution in [0.4, 0.5) is 123 Å².